The molecule has 6 nitrogen and oxygen atoms in total. The Morgan fingerprint density at radius 1 is 1.19 bits per heavy atom. The summed E-state index contributed by atoms with van der Waals surface area (Å²) in [6.07, 6.45) is 6.53. The zero-order chi connectivity index (χ0) is 16.7. The smallest absolute Gasteiger partial charge is 0.331 e. The Morgan fingerprint density at radius 3 is 2.14 bits per heavy atom. The van der Waals surface area contributed by atoms with Crippen LogP contribution in [-0.2, 0) is 19.1 Å². The molecule has 118 valence electrons. The number of ether oxygens (including phenoxy) is 1. The number of esters is 1. The predicted molar refractivity (Wildman–Crippen MR) is 78.8 cm³/mol. The second-order valence-corrected chi connectivity index (χ2v) is 3.97. The first kappa shape index (κ1) is 20.9. The van der Waals surface area contributed by atoms with E-state index in [2.05, 4.69) is 19.7 Å². The molecule has 6 heteroatoms. The molecule has 0 aromatic rings. The van der Waals surface area contributed by atoms with Crippen LogP contribution in [0.5, 0.6) is 0 Å². The molecule has 1 rings (SSSR count). The molecule has 0 aromatic carbocycles. The molecule has 2 N–H and O–H groups in total. The summed E-state index contributed by atoms with van der Waals surface area (Å²) in [4.78, 5) is 29.7. The van der Waals surface area contributed by atoms with Crippen LogP contribution in [0.25, 0.3) is 0 Å². The molecule has 0 atom stereocenters. The average Bonchev–Trinajstić information content (AvgIpc) is 2.68. The molecule has 0 bridgehead atoms. The van der Waals surface area contributed by atoms with Gasteiger partial charge in [0.2, 0.25) is 0 Å². The molecule has 0 aliphatic carbocycles. The van der Waals surface area contributed by atoms with Crippen molar-refractivity contribution in [2.75, 3.05) is 6.61 Å². The van der Waals surface area contributed by atoms with Crippen LogP contribution in [0.3, 0.4) is 0 Å². The van der Waals surface area contributed by atoms with Gasteiger partial charge in [-0.1, -0.05) is 19.2 Å². The second kappa shape index (κ2) is 14.0. The van der Waals surface area contributed by atoms with E-state index in [1.54, 1.807) is 0 Å². The first-order valence-corrected chi connectivity index (χ1v) is 6.38. The number of rotatable bonds is 4. The number of aliphatic carboxylic acids is 2. The van der Waals surface area contributed by atoms with Gasteiger partial charge in [0.1, 0.15) is 0 Å². The minimum absolute atomic E-state index is 0.0255. The van der Waals surface area contributed by atoms with Gasteiger partial charge in [-0.3, -0.25) is 4.79 Å². The van der Waals surface area contributed by atoms with Crippen LogP contribution >= 0.6 is 0 Å². The van der Waals surface area contributed by atoms with Gasteiger partial charge in [0.05, 0.1) is 6.61 Å². The minimum atomic E-state index is -0.981. The highest BCUT2D eigenvalue weighted by Gasteiger charge is 2.05. The third-order valence-electron chi connectivity index (χ3n) is 2.16. The van der Waals surface area contributed by atoms with Gasteiger partial charge in [-0.25, -0.2) is 9.59 Å². The summed E-state index contributed by atoms with van der Waals surface area (Å²) in [5, 5.41) is 15.8. The van der Waals surface area contributed by atoms with Gasteiger partial charge in [0.15, 0.2) is 0 Å². The summed E-state index contributed by atoms with van der Waals surface area (Å²) in [5.74, 6) is -1.96. The molecule has 0 aromatic heterocycles. The van der Waals surface area contributed by atoms with Crippen molar-refractivity contribution in [3.63, 3.8) is 0 Å². The fraction of sp³-hybridized carbons (Fsp3) is 0.400. The lowest BCUT2D eigenvalue weighted by Crippen LogP contribution is -2.00. The molecule has 0 radical (unpaired) electrons. The maximum atomic E-state index is 10.5. The molecule has 1 heterocycles. The fourth-order valence-corrected chi connectivity index (χ4v) is 1.07. The van der Waals surface area contributed by atoms with E-state index in [-0.39, 0.29) is 11.5 Å². The Bertz CT molecular complexity index is 374. The van der Waals surface area contributed by atoms with Crippen LogP contribution in [0.15, 0.2) is 37.5 Å². The number of carbonyl (C=O) groups excluding carboxylic acids is 1. The lowest BCUT2D eigenvalue weighted by molar-refractivity contribution is -0.142. The van der Waals surface area contributed by atoms with Gasteiger partial charge < -0.3 is 14.9 Å². The van der Waals surface area contributed by atoms with E-state index in [0.29, 0.717) is 19.4 Å². The van der Waals surface area contributed by atoms with Gasteiger partial charge >= 0.3 is 17.9 Å². The minimum Gasteiger partial charge on any atom is -0.478 e. The van der Waals surface area contributed by atoms with E-state index in [1.807, 2.05) is 0 Å². The van der Waals surface area contributed by atoms with Gasteiger partial charge in [-0.15, -0.1) is 6.58 Å². The van der Waals surface area contributed by atoms with Gasteiger partial charge in [-0.2, -0.15) is 0 Å². The first-order valence-electron chi connectivity index (χ1n) is 6.38. The monoisotopic (exact) mass is 298 g/mol. The van der Waals surface area contributed by atoms with E-state index in [0.717, 1.165) is 25.3 Å². The van der Waals surface area contributed by atoms with Gasteiger partial charge in [0, 0.05) is 18.1 Å². The topological polar surface area (TPSA) is 101 Å². The molecule has 21 heavy (non-hydrogen) atoms. The van der Waals surface area contributed by atoms with E-state index >= 15 is 0 Å². The van der Waals surface area contributed by atoms with Crippen molar-refractivity contribution in [2.24, 2.45) is 0 Å². The third kappa shape index (κ3) is 17.6. The summed E-state index contributed by atoms with van der Waals surface area (Å²) in [7, 11) is 0. The number of allylic oxidation sites excluding steroid dienone is 1. The molecule has 1 aliphatic heterocycles. The molecule has 0 spiro atoms. The number of carboxylic acid groups (broad SMARTS) is 2. The van der Waals surface area contributed by atoms with Crippen LogP contribution in [-0.4, -0.2) is 34.7 Å². The highest BCUT2D eigenvalue weighted by molar-refractivity contribution is 5.85. The maximum Gasteiger partial charge on any atom is 0.331 e. The standard InChI is InChI=1S/C6H10O2.C6H8O2.C3H4O2/c7-6-4-2-1-3-5-8-6;1-3-4-5(2)6(7)8;1-2-3(4)5/h1-5H2;3H,1-2,4H2,(H,7,8);2H,1H2,(H,4,5). The van der Waals surface area contributed by atoms with Crippen molar-refractivity contribution in [1.29, 1.82) is 0 Å². The Labute approximate surface area is 124 Å². The zero-order valence-corrected chi connectivity index (χ0v) is 12.0. The van der Waals surface area contributed by atoms with Crippen molar-refractivity contribution >= 4 is 17.9 Å². The summed E-state index contributed by atoms with van der Waals surface area (Å²) in [5.41, 5.74) is 0.181. The number of hydrogen-bond donors (Lipinski definition) is 2. The highest BCUT2D eigenvalue weighted by atomic mass is 16.5. The Kier molecular flexibility index (Phi) is 14.0. The molecular weight excluding hydrogens is 276 g/mol. The number of cyclic esters (lactones) is 1. The lowest BCUT2D eigenvalue weighted by Gasteiger charge is -1.93. The zero-order valence-electron chi connectivity index (χ0n) is 12.0. The number of carboxylic acids is 2. The Hall–Kier alpha value is -2.37. The van der Waals surface area contributed by atoms with Crippen LogP contribution < -0.4 is 0 Å². The molecule has 0 unspecified atom stereocenters. The predicted octanol–water partition coefficient (Wildman–Crippen LogP) is 2.56. The highest BCUT2D eigenvalue weighted by Crippen LogP contribution is 2.06. The van der Waals surface area contributed by atoms with E-state index in [1.165, 1.54) is 6.08 Å². The van der Waals surface area contributed by atoms with Gasteiger partial charge in [-0.05, 0) is 25.7 Å². The number of hydrogen-bond acceptors (Lipinski definition) is 4. The Balaban J connectivity index is 0. The van der Waals surface area contributed by atoms with E-state index in [9.17, 15) is 14.4 Å². The number of carbonyl (C=O) groups is 3. The van der Waals surface area contributed by atoms with Crippen molar-refractivity contribution < 1.29 is 29.3 Å². The molecule has 0 saturated carbocycles. The maximum absolute atomic E-state index is 10.5. The second-order valence-electron chi connectivity index (χ2n) is 3.97. The van der Waals surface area contributed by atoms with E-state index < -0.39 is 11.9 Å². The largest absolute Gasteiger partial charge is 0.478 e. The normalized spacial score (nSPS) is 12.9. The summed E-state index contributed by atoms with van der Waals surface area (Å²) < 4.78 is 4.76. The van der Waals surface area contributed by atoms with Crippen molar-refractivity contribution in [3.05, 3.63) is 37.5 Å². The molecule has 0 amide bonds. The third-order valence-corrected chi connectivity index (χ3v) is 2.16. The summed E-state index contributed by atoms with van der Waals surface area (Å²) in [6.45, 7) is 10.2. The molecule has 1 aliphatic rings. The quantitative estimate of drug-likeness (QED) is 0.470. The van der Waals surface area contributed by atoms with Crippen molar-refractivity contribution in [2.45, 2.75) is 32.1 Å². The fourth-order valence-electron chi connectivity index (χ4n) is 1.07. The van der Waals surface area contributed by atoms with Gasteiger partial charge in [0.25, 0.3) is 0 Å². The van der Waals surface area contributed by atoms with Crippen LogP contribution in [0, 0.1) is 0 Å². The van der Waals surface area contributed by atoms with Crippen LogP contribution in [0.2, 0.25) is 0 Å². The Morgan fingerprint density at radius 2 is 1.76 bits per heavy atom. The van der Waals surface area contributed by atoms with Crippen LogP contribution in [0.4, 0.5) is 0 Å². The van der Waals surface area contributed by atoms with E-state index in [4.69, 9.17) is 14.9 Å². The molecular formula is C15H22O6. The summed E-state index contributed by atoms with van der Waals surface area (Å²) in [6, 6.07) is 0. The van der Waals surface area contributed by atoms with Crippen LogP contribution in [0.1, 0.15) is 32.1 Å². The molecule has 1 saturated heterocycles. The summed E-state index contributed by atoms with van der Waals surface area (Å²) >= 11 is 0. The average molecular weight is 298 g/mol. The lowest BCUT2D eigenvalue weighted by atomic mass is 10.2. The first-order chi connectivity index (χ1) is 9.84. The SMILES string of the molecule is C=CC(=O)O.C=CCC(=C)C(=O)O.O=C1CCCCCO1. The van der Waals surface area contributed by atoms with Crippen molar-refractivity contribution in [1.82, 2.24) is 0 Å². The molecule has 1 fully saturated rings. The van der Waals surface area contributed by atoms with Crippen molar-refractivity contribution in [3.8, 4) is 0 Å².